The molecule has 2 aromatic rings. The molecule has 0 spiro atoms. The molecule has 1 atom stereocenters. The molecule has 0 aliphatic carbocycles. The van der Waals surface area contributed by atoms with Crippen LogP contribution in [0, 0.1) is 17.2 Å². The van der Waals surface area contributed by atoms with Gasteiger partial charge >= 0.3 is 0 Å². The van der Waals surface area contributed by atoms with Crippen molar-refractivity contribution < 1.29 is 4.74 Å². The Morgan fingerprint density at radius 1 is 1.13 bits per heavy atom. The molecule has 4 nitrogen and oxygen atoms in total. The molecule has 118 valence electrons. The Bertz CT molecular complexity index is 738. The van der Waals surface area contributed by atoms with Crippen molar-refractivity contribution in [3.63, 3.8) is 0 Å². The second-order valence-electron chi connectivity index (χ2n) is 6.56. The fourth-order valence-electron chi connectivity index (χ4n) is 3.84. The van der Waals surface area contributed by atoms with E-state index in [0.29, 0.717) is 17.6 Å². The van der Waals surface area contributed by atoms with Gasteiger partial charge in [-0.1, -0.05) is 0 Å². The van der Waals surface area contributed by atoms with Crippen LogP contribution in [0.1, 0.15) is 31.2 Å². The SMILES string of the molecule is N#Cc1ccc2nc(N3CCC(C4CCCO4)CC3)ccc2c1. The lowest BCUT2D eigenvalue weighted by Crippen LogP contribution is -2.38. The first-order valence-corrected chi connectivity index (χ1v) is 8.51. The second kappa shape index (κ2) is 6.17. The summed E-state index contributed by atoms with van der Waals surface area (Å²) in [4.78, 5) is 7.16. The van der Waals surface area contributed by atoms with Crippen LogP contribution in [0.4, 0.5) is 5.82 Å². The number of fused-ring (bicyclic) bond motifs is 1. The highest BCUT2D eigenvalue weighted by Crippen LogP contribution is 2.30. The average Bonchev–Trinajstić information content (AvgIpc) is 3.15. The van der Waals surface area contributed by atoms with Crippen LogP contribution < -0.4 is 4.90 Å². The van der Waals surface area contributed by atoms with Crippen LogP contribution >= 0.6 is 0 Å². The lowest BCUT2D eigenvalue weighted by atomic mass is 9.90. The first-order chi connectivity index (χ1) is 11.3. The summed E-state index contributed by atoms with van der Waals surface area (Å²) >= 11 is 0. The van der Waals surface area contributed by atoms with Gasteiger partial charge in [-0.3, -0.25) is 0 Å². The van der Waals surface area contributed by atoms with Crippen LogP contribution in [0.15, 0.2) is 30.3 Å². The number of hydrogen-bond acceptors (Lipinski definition) is 4. The minimum Gasteiger partial charge on any atom is -0.378 e. The van der Waals surface area contributed by atoms with Crippen molar-refractivity contribution in [1.29, 1.82) is 5.26 Å². The zero-order valence-corrected chi connectivity index (χ0v) is 13.2. The third kappa shape index (κ3) is 2.89. The molecule has 2 saturated heterocycles. The summed E-state index contributed by atoms with van der Waals surface area (Å²) in [6.07, 6.45) is 5.34. The molecule has 0 radical (unpaired) electrons. The maximum Gasteiger partial charge on any atom is 0.129 e. The summed E-state index contributed by atoms with van der Waals surface area (Å²) in [6.45, 7) is 3.06. The van der Waals surface area contributed by atoms with Crippen LogP contribution in [0.5, 0.6) is 0 Å². The quantitative estimate of drug-likeness (QED) is 0.852. The highest BCUT2D eigenvalue weighted by atomic mass is 16.5. The maximum absolute atomic E-state index is 8.98. The van der Waals surface area contributed by atoms with E-state index in [4.69, 9.17) is 15.0 Å². The molecule has 0 N–H and O–H groups in total. The van der Waals surface area contributed by atoms with Crippen molar-refractivity contribution in [3.05, 3.63) is 35.9 Å². The van der Waals surface area contributed by atoms with Crippen LogP contribution in [-0.4, -0.2) is 30.8 Å². The number of rotatable bonds is 2. The predicted molar refractivity (Wildman–Crippen MR) is 90.4 cm³/mol. The van der Waals surface area contributed by atoms with E-state index in [0.717, 1.165) is 36.4 Å². The monoisotopic (exact) mass is 307 g/mol. The Morgan fingerprint density at radius 2 is 2.00 bits per heavy atom. The van der Waals surface area contributed by atoms with Crippen molar-refractivity contribution in [2.75, 3.05) is 24.6 Å². The first kappa shape index (κ1) is 14.5. The van der Waals surface area contributed by atoms with Gasteiger partial charge in [0.05, 0.1) is 23.3 Å². The Kier molecular flexibility index (Phi) is 3.88. The van der Waals surface area contributed by atoms with Gasteiger partial charge in [0.1, 0.15) is 5.82 Å². The van der Waals surface area contributed by atoms with Gasteiger partial charge in [0.25, 0.3) is 0 Å². The van der Waals surface area contributed by atoms with E-state index in [2.05, 4.69) is 23.1 Å². The number of ether oxygens (including phenoxy) is 1. The topological polar surface area (TPSA) is 49.2 Å². The Morgan fingerprint density at radius 3 is 2.74 bits per heavy atom. The average molecular weight is 307 g/mol. The van der Waals surface area contributed by atoms with E-state index >= 15 is 0 Å². The number of pyridine rings is 1. The van der Waals surface area contributed by atoms with Crippen molar-refractivity contribution in [2.45, 2.75) is 31.8 Å². The summed E-state index contributed by atoms with van der Waals surface area (Å²) in [5, 5.41) is 10.0. The van der Waals surface area contributed by atoms with Gasteiger partial charge in [-0.15, -0.1) is 0 Å². The van der Waals surface area contributed by atoms with E-state index in [1.807, 2.05) is 18.2 Å². The zero-order chi connectivity index (χ0) is 15.6. The standard InChI is InChI=1S/C19H21N3O/c20-13-14-3-5-17-16(12-14)4-6-19(21-17)22-9-7-15(8-10-22)18-2-1-11-23-18/h3-6,12,15,18H,1-2,7-11H2. The van der Waals surface area contributed by atoms with Crippen LogP contribution in [0.25, 0.3) is 10.9 Å². The number of benzene rings is 1. The maximum atomic E-state index is 8.98. The normalized spacial score (nSPS) is 22.4. The molecular formula is C19H21N3O. The highest BCUT2D eigenvalue weighted by Gasteiger charge is 2.29. The molecule has 0 amide bonds. The molecule has 1 aromatic heterocycles. The Balaban J connectivity index is 1.48. The zero-order valence-electron chi connectivity index (χ0n) is 13.2. The predicted octanol–water partition coefficient (Wildman–Crippen LogP) is 3.50. The lowest BCUT2D eigenvalue weighted by molar-refractivity contribution is 0.0531. The molecule has 3 heterocycles. The number of hydrogen-bond donors (Lipinski definition) is 0. The number of anilines is 1. The van der Waals surface area contributed by atoms with Gasteiger partial charge in [0.15, 0.2) is 0 Å². The second-order valence-corrected chi connectivity index (χ2v) is 6.56. The first-order valence-electron chi connectivity index (χ1n) is 8.51. The fourth-order valence-corrected chi connectivity index (χ4v) is 3.84. The molecule has 0 saturated carbocycles. The largest absolute Gasteiger partial charge is 0.378 e. The molecule has 1 aromatic carbocycles. The molecule has 4 rings (SSSR count). The van der Waals surface area contributed by atoms with Gasteiger partial charge < -0.3 is 9.64 Å². The molecular weight excluding hydrogens is 286 g/mol. The van der Waals surface area contributed by atoms with Gasteiger partial charge in [-0.2, -0.15) is 5.26 Å². The molecule has 2 aliphatic rings. The molecule has 2 fully saturated rings. The van der Waals surface area contributed by atoms with E-state index in [9.17, 15) is 0 Å². The van der Waals surface area contributed by atoms with Gasteiger partial charge in [0, 0.05) is 25.1 Å². The lowest BCUT2D eigenvalue weighted by Gasteiger charge is -2.35. The molecule has 23 heavy (non-hydrogen) atoms. The van der Waals surface area contributed by atoms with Crippen molar-refractivity contribution in [2.24, 2.45) is 5.92 Å². The summed E-state index contributed by atoms with van der Waals surface area (Å²) in [5.74, 6) is 1.76. The van der Waals surface area contributed by atoms with Crippen molar-refractivity contribution in [3.8, 4) is 6.07 Å². The fraction of sp³-hybridized carbons (Fsp3) is 0.474. The number of nitriles is 1. The van der Waals surface area contributed by atoms with E-state index in [1.54, 1.807) is 0 Å². The van der Waals surface area contributed by atoms with E-state index in [1.165, 1.54) is 25.7 Å². The molecule has 2 aliphatic heterocycles. The van der Waals surface area contributed by atoms with Crippen LogP contribution in [0.3, 0.4) is 0 Å². The highest BCUT2D eigenvalue weighted by molar-refractivity contribution is 5.81. The van der Waals surface area contributed by atoms with Crippen molar-refractivity contribution >= 4 is 16.7 Å². The molecule has 4 heteroatoms. The smallest absolute Gasteiger partial charge is 0.129 e. The van der Waals surface area contributed by atoms with Crippen LogP contribution in [-0.2, 0) is 4.74 Å². The summed E-state index contributed by atoms with van der Waals surface area (Å²) in [7, 11) is 0. The van der Waals surface area contributed by atoms with Crippen molar-refractivity contribution in [1.82, 2.24) is 4.98 Å². The Hall–Kier alpha value is -2.12. The minimum atomic E-state index is 0.492. The summed E-state index contributed by atoms with van der Waals surface area (Å²) < 4.78 is 5.85. The number of piperidine rings is 1. The summed E-state index contributed by atoms with van der Waals surface area (Å²) in [5.41, 5.74) is 1.65. The van der Waals surface area contributed by atoms with Gasteiger partial charge in [-0.25, -0.2) is 4.98 Å². The Labute approximate surface area is 136 Å². The third-order valence-corrected chi connectivity index (χ3v) is 5.16. The summed E-state index contributed by atoms with van der Waals surface area (Å²) in [6, 6.07) is 12.0. The van der Waals surface area contributed by atoms with E-state index in [-0.39, 0.29) is 0 Å². The van der Waals surface area contributed by atoms with Crippen LogP contribution in [0.2, 0.25) is 0 Å². The van der Waals surface area contributed by atoms with Gasteiger partial charge in [-0.05, 0) is 61.9 Å². The van der Waals surface area contributed by atoms with Gasteiger partial charge in [0.2, 0.25) is 0 Å². The number of aromatic nitrogens is 1. The molecule has 0 bridgehead atoms. The van der Waals surface area contributed by atoms with E-state index < -0.39 is 0 Å². The molecule has 1 unspecified atom stereocenters. The third-order valence-electron chi connectivity index (χ3n) is 5.16. The minimum absolute atomic E-state index is 0.492. The number of nitrogens with zero attached hydrogens (tertiary/aromatic N) is 3.